The van der Waals surface area contributed by atoms with Gasteiger partial charge in [0.05, 0.1) is 11.8 Å². The van der Waals surface area contributed by atoms with Crippen LogP contribution >= 0.6 is 0 Å². The topological polar surface area (TPSA) is 74.3 Å². The van der Waals surface area contributed by atoms with Crippen LogP contribution < -0.4 is 4.90 Å². The monoisotopic (exact) mass is 303 g/mol. The van der Waals surface area contributed by atoms with Crippen molar-refractivity contribution in [2.24, 2.45) is 0 Å². The van der Waals surface area contributed by atoms with Crippen LogP contribution in [0, 0.1) is 0 Å². The maximum atomic E-state index is 12.1. The predicted octanol–water partition coefficient (Wildman–Crippen LogP) is 2.01. The molecule has 3 rings (SSSR count). The first-order chi connectivity index (χ1) is 10.4. The Morgan fingerprint density at radius 3 is 2.64 bits per heavy atom. The highest BCUT2D eigenvalue weighted by Crippen LogP contribution is 2.22. The molecule has 7 nitrogen and oxygen atoms in total. The maximum Gasteiger partial charge on any atom is 0.410 e. The van der Waals surface area contributed by atoms with Gasteiger partial charge in [-0.25, -0.2) is 14.8 Å². The molecule has 0 saturated carbocycles. The van der Waals surface area contributed by atoms with E-state index in [2.05, 4.69) is 19.9 Å². The van der Waals surface area contributed by atoms with Gasteiger partial charge in [0, 0.05) is 32.4 Å². The van der Waals surface area contributed by atoms with Crippen LogP contribution in [-0.2, 0) is 4.74 Å². The van der Waals surface area contributed by atoms with Gasteiger partial charge in [-0.05, 0) is 26.8 Å². The van der Waals surface area contributed by atoms with Gasteiger partial charge in [0.25, 0.3) is 0 Å². The van der Waals surface area contributed by atoms with Crippen molar-refractivity contribution in [1.82, 2.24) is 19.9 Å². The number of fused-ring (bicyclic) bond motifs is 1. The summed E-state index contributed by atoms with van der Waals surface area (Å²) in [6, 6.07) is 1.91. The lowest BCUT2D eigenvalue weighted by atomic mass is 10.2. The summed E-state index contributed by atoms with van der Waals surface area (Å²) in [6.07, 6.45) is 3.20. The van der Waals surface area contributed by atoms with E-state index >= 15 is 0 Å². The lowest BCUT2D eigenvalue weighted by molar-refractivity contribution is 0.0240. The number of rotatable bonds is 1. The number of ether oxygens (including phenoxy) is 1. The minimum absolute atomic E-state index is 0.252. The van der Waals surface area contributed by atoms with E-state index in [1.54, 1.807) is 17.4 Å². The van der Waals surface area contributed by atoms with Gasteiger partial charge in [0.2, 0.25) is 0 Å². The number of carbonyl (C=O) groups excluding carboxylic acids is 1. The zero-order valence-corrected chi connectivity index (χ0v) is 13.2. The van der Waals surface area contributed by atoms with E-state index < -0.39 is 5.60 Å². The van der Waals surface area contributed by atoms with E-state index in [1.165, 1.54) is 0 Å². The van der Waals surface area contributed by atoms with Crippen molar-refractivity contribution in [3.63, 3.8) is 0 Å². The van der Waals surface area contributed by atoms with E-state index in [0.29, 0.717) is 13.1 Å². The summed E-state index contributed by atoms with van der Waals surface area (Å²) in [5, 5.41) is 0. The summed E-state index contributed by atoms with van der Waals surface area (Å²) in [5.74, 6) is 0.864. The van der Waals surface area contributed by atoms with E-state index in [4.69, 9.17) is 4.74 Å². The third-order valence-electron chi connectivity index (χ3n) is 3.55. The molecule has 0 spiro atoms. The number of aromatic nitrogens is 3. The molecule has 1 saturated heterocycles. The van der Waals surface area contributed by atoms with Crippen LogP contribution in [0.4, 0.5) is 10.6 Å². The molecule has 7 heteroatoms. The highest BCUT2D eigenvalue weighted by atomic mass is 16.6. The fourth-order valence-corrected chi connectivity index (χ4v) is 2.51. The molecular weight excluding hydrogens is 282 g/mol. The van der Waals surface area contributed by atoms with Crippen molar-refractivity contribution in [2.45, 2.75) is 26.4 Å². The van der Waals surface area contributed by atoms with Crippen molar-refractivity contribution in [3.8, 4) is 0 Å². The number of hydrogen-bond donors (Lipinski definition) is 1. The van der Waals surface area contributed by atoms with E-state index in [0.717, 1.165) is 29.9 Å². The SMILES string of the molecule is CC(C)(C)OC(=O)N1CCN(c2nccc3[nH]cnc23)CC1. The Hall–Kier alpha value is -2.31. The Morgan fingerprint density at radius 2 is 1.95 bits per heavy atom. The predicted molar refractivity (Wildman–Crippen MR) is 83.9 cm³/mol. The number of piperazine rings is 1. The van der Waals surface area contributed by atoms with Gasteiger partial charge in [-0.15, -0.1) is 0 Å². The summed E-state index contributed by atoms with van der Waals surface area (Å²) in [4.78, 5) is 27.8. The molecule has 0 unspecified atom stereocenters. The number of nitrogens with zero attached hydrogens (tertiary/aromatic N) is 4. The van der Waals surface area contributed by atoms with Crippen molar-refractivity contribution >= 4 is 22.9 Å². The van der Waals surface area contributed by atoms with Gasteiger partial charge in [-0.3, -0.25) is 0 Å². The maximum absolute atomic E-state index is 12.1. The van der Waals surface area contributed by atoms with Crippen molar-refractivity contribution in [3.05, 3.63) is 18.6 Å². The van der Waals surface area contributed by atoms with Gasteiger partial charge in [0.15, 0.2) is 5.82 Å². The van der Waals surface area contributed by atoms with Crippen LogP contribution in [0.25, 0.3) is 11.0 Å². The van der Waals surface area contributed by atoms with Crippen molar-refractivity contribution < 1.29 is 9.53 Å². The molecule has 0 aliphatic carbocycles. The Bertz CT molecular complexity index is 668. The van der Waals surface area contributed by atoms with Crippen molar-refractivity contribution in [1.29, 1.82) is 0 Å². The molecule has 2 aromatic heterocycles. The lowest BCUT2D eigenvalue weighted by Crippen LogP contribution is -2.50. The standard InChI is InChI=1S/C15H21N5O2/c1-15(2,3)22-14(21)20-8-6-19(7-9-20)13-12-11(4-5-16-13)17-10-18-12/h4-5,10H,6-9H2,1-3H3,(H,17,18). The summed E-state index contributed by atoms with van der Waals surface area (Å²) in [6.45, 7) is 8.32. The quantitative estimate of drug-likeness (QED) is 0.872. The molecule has 2 aromatic rings. The molecule has 0 atom stereocenters. The average molecular weight is 303 g/mol. The molecule has 1 amide bonds. The van der Waals surface area contributed by atoms with Crippen LogP contribution in [-0.4, -0.2) is 57.7 Å². The first-order valence-electron chi connectivity index (χ1n) is 7.45. The number of imidazole rings is 1. The molecule has 0 bridgehead atoms. The number of nitrogens with one attached hydrogen (secondary N) is 1. The molecule has 1 aliphatic heterocycles. The first-order valence-corrected chi connectivity index (χ1v) is 7.45. The highest BCUT2D eigenvalue weighted by molar-refractivity contribution is 5.85. The Kier molecular flexibility index (Phi) is 3.64. The fraction of sp³-hybridized carbons (Fsp3) is 0.533. The van der Waals surface area contributed by atoms with Crippen LogP contribution in [0.15, 0.2) is 18.6 Å². The van der Waals surface area contributed by atoms with Gasteiger partial charge in [-0.1, -0.05) is 0 Å². The number of hydrogen-bond acceptors (Lipinski definition) is 5. The molecule has 1 fully saturated rings. The molecule has 118 valence electrons. The summed E-state index contributed by atoms with van der Waals surface area (Å²) in [7, 11) is 0. The summed E-state index contributed by atoms with van der Waals surface area (Å²) >= 11 is 0. The second kappa shape index (κ2) is 5.47. The smallest absolute Gasteiger partial charge is 0.410 e. The average Bonchev–Trinajstić information content (AvgIpc) is 2.94. The molecule has 0 radical (unpaired) electrons. The number of carbonyl (C=O) groups is 1. The summed E-state index contributed by atoms with van der Waals surface area (Å²) in [5.41, 5.74) is 1.38. The van der Waals surface area contributed by atoms with Crippen molar-refractivity contribution in [2.75, 3.05) is 31.1 Å². The molecule has 22 heavy (non-hydrogen) atoms. The van der Waals surface area contributed by atoms with Gasteiger partial charge in [0.1, 0.15) is 11.1 Å². The van der Waals surface area contributed by atoms with Crippen LogP contribution in [0.5, 0.6) is 0 Å². The van der Waals surface area contributed by atoms with E-state index in [1.807, 2.05) is 26.8 Å². The van der Waals surface area contributed by atoms with Crippen LogP contribution in [0.2, 0.25) is 0 Å². The minimum Gasteiger partial charge on any atom is -0.444 e. The largest absolute Gasteiger partial charge is 0.444 e. The zero-order valence-electron chi connectivity index (χ0n) is 13.2. The zero-order chi connectivity index (χ0) is 15.7. The van der Waals surface area contributed by atoms with Gasteiger partial charge in [-0.2, -0.15) is 0 Å². The molecule has 1 N–H and O–H groups in total. The normalized spacial score (nSPS) is 16.1. The lowest BCUT2D eigenvalue weighted by Gasteiger charge is -2.36. The van der Waals surface area contributed by atoms with Gasteiger partial charge >= 0.3 is 6.09 Å². The Labute approximate surface area is 129 Å². The Morgan fingerprint density at radius 1 is 1.23 bits per heavy atom. The number of anilines is 1. The fourth-order valence-electron chi connectivity index (χ4n) is 2.51. The third kappa shape index (κ3) is 2.98. The second-order valence-corrected chi connectivity index (χ2v) is 6.39. The number of amides is 1. The van der Waals surface area contributed by atoms with Gasteiger partial charge < -0.3 is 19.5 Å². The minimum atomic E-state index is -0.462. The van der Waals surface area contributed by atoms with Crippen LogP contribution in [0.1, 0.15) is 20.8 Å². The highest BCUT2D eigenvalue weighted by Gasteiger charge is 2.27. The molecular formula is C15H21N5O2. The summed E-state index contributed by atoms with van der Waals surface area (Å²) < 4.78 is 5.41. The van der Waals surface area contributed by atoms with E-state index in [9.17, 15) is 4.79 Å². The molecule has 1 aliphatic rings. The number of aromatic amines is 1. The Balaban J connectivity index is 1.67. The molecule has 0 aromatic carbocycles. The number of H-pyrrole nitrogens is 1. The third-order valence-corrected chi connectivity index (χ3v) is 3.55. The first kappa shape index (κ1) is 14.6. The van der Waals surface area contributed by atoms with E-state index in [-0.39, 0.29) is 6.09 Å². The second-order valence-electron chi connectivity index (χ2n) is 6.39. The number of pyridine rings is 1. The molecule has 3 heterocycles. The van der Waals surface area contributed by atoms with Crippen LogP contribution in [0.3, 0.4) is 0 Å².